The molecule has 0 unspecified atom stereocenters. The topological polar surface area (TPSA) is 82.1 Å². The number of ether oxygens (including phenoxy) is 1. The number of urea groups is 1. The zero-order valence-corrected chi connectivity index (χ0v) is 14.8. The Balaban J connectivity index is 2.16. The third-order valence-corrected chi connectivity index (χ3v) is 3.85. The van der Waals surface area contributed by atoms with Gasteiger partial charge in [0.15, 0.2) is 0 Å². The Bertz CT molecular complexity index is 657. The predicted molar refractivity (Wildman–Crippen MR) is 91.3 cm³/mol. The molecule has 0 saturated carbocycles. The Morgan fingerprint density at radius 1 is 1.36 bits per heavy atom. The second kappa shape index (κ2) is 8.35. The average molecular weight is 374 g/mol. The average Bonchev–Trinajstić information content (AvgIpc) is 2.51. The van der Waals surface area contributed by atoms with E-state index < -0.39 is 17.8 Å². The van der Waals surface area contributed by atoms with E-state index in [1.807, 2.05) is 0 Å². The van der Waals surface area contributed by atoms with Gasteiger partial charge in [0.1, 0.15) is 18.1 Å². The summed E-state index contributed by atoms with van der Waals surface area (Å²) in [6.45, 7) is 4.12. The van der Waals surface area contributed by atoms with Gasteiger partial charge in [-0.25, -0.2) is 14.2 Å². The number of carbonyl (C=O) groups excluding carboxylic acids is 1. The van der Waals surface area contributed by atoms with Crippen LogP contribution in [-0.4, -0.2) is 52.9 Å². The van der Waals surface area contributed by atoms with Crippen LogP contribution in [0.3, 0.4) is 0 Å². The number of nitrogens with one attached hydrogen (secondary N) is 1. The molecule has 0 spiro atoms. The highest BCUT2D eigenvalue weighted by Gasteiger charge is 2.27. The smallest absolute Gasteiger partial charge is 0.336 e. The van der Waals surface area contributed by atoms with Crippen molar-refractivity contribution in [2.45, 2.75) is 32.8 Å². The maximum atomic E-state index is 14.1. The van der Waals surface area contributed by atoms with Gasteiger partial charge in [-0.3, -0.25) is 9.80 Å². The molecular weight excluding hydrogens is 353 g/mol. The van der Waals surface area contributed by atoms with Crippen LogP contribution in [0.2, 0.25) is 5.02 Å². The van der Waals surface area contributed by atoms with Gasteiger partial charge in [0.25, 0.3) is 0 Å². The molecule has 2 amide bonds. The van der Waals surface area contributed by atoms with E-state index >= 15 is 0 Å². The van der Waals surface area contributed by atoms with Crippen LogP contribution in [0, 0.1) is 5.82 Å². The monoisotopic (exact) mass is 373 g/mol. The normalized spacial score (nSPS) is 15.3. The Labute approximate surface area is 150 Å². The van der Waals surface area contributed by atoms with E-state index in [1.54, 1.807) is 13.8 Å². The van der Waals surface area contributed by atoms with Crippen molar-refractivity contribution in [3.63, 3.8) is 0 Å². The molecule has 0 bridgehead atoms. The molecule has 1 heterocycles. The summed E-state index contributed by atoms with van der Waals surface area (Å²) in [4.78, 5) is 23.4. The quantitative estimate of drug-likeness (QED) is 0.828. The second-order valence-electron chi connectivity index (χ2n) is 5.97. The van der Waals surface area contributed by atoms with Gasteiger partial charge in [-0.1, -0.05) is 11.6 Å². The molecule has 1 aromatic carbocycles. The summed E-state index contributed by atoms with van der Waals surface area (Å²) in [6.07, 6.45) is 1.37. The lowest BCUT2D eigenvalue weighted by Crippen LogP contribution is -2.53. The lowest BCUT2D eigenvalue weighted by Gasteiger charge is -2.37. The molecule has 0 atom stereocenters. The fourth-order valence-corrected chi connectivity index (χ4v) is 2.71. The minimum Gasteiger partial charge on any atom is -0.489 e. The molecule has 9 heteroatoms. The van der Waals surface area contributed by atoms with Crippen LogP contribution >= 0.6 is 11.6 Å². The summed E-state index contributed by atoms with van der Waals surface area (Å²) in [5, 5.41) is 14.2. The molecule has 2 N–H and O–H groups in total. The van der Waals surface area contributed by atoms with Crippen LogP contribution < -0.4 is 10.1 Å². The van der Waals surface area contributed by atoms with Crippen molar-refractivity contribution < 1.29 is 23.8 Å². The standard InChI is InChI=1S/C16H21ClFN3O4/c1-10(2)25-14-8-13(12(18)7-11(14)17)19-16(24)21-6-4-3-5-20(21)9-15(22)23/h7-8,10H,3-6,9H2,1-2H3,(H,19,24)(H,22,23). The van der Waals surface area contributed by atoms with Gasteiger partial charge < -0.3 is 15.2 Å². The Morgan fingerprint density at radius 2 is 2.04 bits per heavy atom. The number of aliphatic carboxylic acids is 1. The molecule has 7 nitrogen and oxygen atoms in total. The van der Waals surface area contributed by atoms with Crippen molar-refractivity contribution in [2.75, 3.05) is 25.0 Å². The minimum absolute atomic E-state index is 0.0779. The first-order valence-corrected chi connectivity index (χ1v) is 8.36. The first-order chi connectivity index (χ1) is 11.8. The highest BCUT2D eigenvalue weighted by molar-refractivity contribution is 6.32. The molecule has 1 fully saturated rings. The number of carbonyl (C=O) groups is 2. The van der Waals surface area contributed by atoms with Crippen molar-refractivity contribution in [3.8, 4) is 5.75 Å². The number of benzene rings is 1. The molecule has 2 rings (SSSR count). The highest BCUT2D eigenvalue weighted by atomic mass is 35.5. The third kappa shape index (κ3) is 5.20. The van der Waals surface area contributed by atoms with E-state index in [-0.39, 0.29) is 29.1 Å². The van der Waals surface area contributed by atoms with Crippen LogP contribution in [0.15, 0.2) is 12.1 Å². The molecule has 25 heavy (non-hydrogen) atoms. The summed E-state index contributed by atoms with van der Waals surface area (Å²) in [5.41, 5.74) is -0.0779. The SMILES string of the molecule is CC(C)Oc1cc(NC(=O)N2CCCCN2CC(=O)O)c(F)cc1Cl. The molecule has 1 saturated heterocycles. The van der Waals surface area contributed by atoms with Crippen LogP contribution in [0.1, 0.15) is 26.7 Å². The molecule has 0 aromatic heterocycles. The highest BCUT2D eigenvalue weighted by Crippen LogP contribution is 2.31. The third-order valence-electron chi connectivity index (χ3n) is 3.56. The molecular formula is C16H21ClFN3O4. The van der Waals surface area contributed by atoms with Crippen molar-refractivity contribution in [1.82, 2.24) is 10.0 Å². The fraction of sp³-hybridized carbons (Fsp3) is 0.500. The van der Waals surface area contributed by atoms with Gasteiger partial charge >= 0.3 is 12.0 Å². The molecule has 1 aromatic rings. The van der Waals surface area contributed by atoms with E-state index in [9.17, 15) is 14.0 Å². The van der Waals surface area contributed by atoms with Crippen molar-refractivity contribution >= 4 is 29.3 Å². The van der Waals surface area contributed by atoms with Gasteiger partial charge in [-0.15, -0.1) is 0 Å². The Morgan fingerprint density at radius 3 is 2.68 bits per heavy atom. The van der Waals surface area contributed by atoms with Crippen molar-refractivity contribution in [2.24, 2.45) is 0 Å². The van der Waals surface area contributed by atoms with Gasteiger partial charge in [0, 0.05) is 19.2 Å². The van der Waals surface area contributed by atoms with Crippen LogP contribution in [-0.2, 0) is 4.79 Å². The number of hydrazine groups is 1. The fourth-order valence-electron chi connectivity index (χ4n) is 2.52. The summed E-state index contributed by atoms with van der Waals surface area (Å²) in [6, 6.07) is 1.79. The zero-order valence-electron chi connectivity index (χ0n) is 14.1. The van der Waals surface area contributed by atoms with E-state index in [2.05, 4.69) is 5.32 Å². The van der Waals surface area contributed by atoms with Crippen molar-refractivity contribution in [3.05, 3.63) is 23.0 Å². The van der Waals surface area contributed by atoms with Crippen molar-refractivity contribution in [1.29, 1.82) is 0 Å². The van der Waals surface area contributed by atoms with Crippen LogP contribution in [0.4, 0.5) is 14.9 Å². The zero-order chi connectivity index (χ0) is 18.6. The first kappa shape index (κ1) is 19.3. The number of carboxylic acid groups (broad SMARTS) is 1. The number of rotatable bonds is 5. The molecule has 0 aliphatic carbocycles. The van der Waals surface area contributed by atoms with Gasteiger partial charge in [-0.05, 0) is 32.8 Å². The Hall–Kier alpha value is -2.06. The number of hydrogen-bond donors (Lipinski definition) is 2. The maximum absolute atomic E-state index is 14.1. The number of halogens is 2. The molecule has 138 valence electrons. The van der Waals surface area contributed by atoms with Crippen LogP contribution in [0.25, 0.3) is 0 Å². The van der Waals surface area contributed by atoms with E-state index in [4.69, 9.17) is 21.4 Å². The van der Waals surface area contributed by atoms with E-state index in [0.717, 1.165) is 18.9 Å². The lowest BCUT2D eigenvalue weighted by atomic mass is 10.2. The summed E-state index contributed by atoms with van der Waals surface area (Å²) in [7, 11) is 0. The molecule has 1 aliphatic heterocycles. The number of amides is 2. The molecule has 1 aliphatic rings. The molecule has 0 radical (unpaired) electrons. The van der Waals surface area contributed by atoms with Gasteiger partial charge in [-0.2, -0.15) is 0 Å². The number of nitrogens with zero attached hydrogens (tertiary/aromatic N) is 2. The summed E-state index contributed by atoms with van der Waals surface area (Å²) in [5.74, 6) is -1.48. The summed E-state index contributed by atoms with van der Waals surface area (Å²) < 4.78 is 19.6. The number of carboxylic acids is 1. The second-order valence-corrected chi connectivity index (χ2v) is 6.38. The predicted octanol–water partition coefficient (Wildman–Crippen LogP) is 3.20. The van der Waals surface area contributed by atoms with Gasteiger partial charge in [0.05, 0.1) is 16.8 Å². The first-order valence-electron chi connectivity index (χ1n) is 7.98. The Kier molecular flexibility index (Phi) is 6.44. The summed E-state index contributed by atoms with van der Waals surface area (Å²) >= 11 is 5.95. The van der Waals surface area contributed by atoms with Crippen LogP contribution in [0.5, 0.6) is 5.75 Å². The van der Waals surface area contributed by atoms with Gasteiger partial charge in [0.2, 0.25) is 0 Å². The van der Waals surface area contributed by atoms with E-state index in [0.29, 0.717) is 13.1 Å². The number of hydrogen-bond acceptors (Lipinski definition) is 4. The maximum Gasteiger partial charge on any atom is 0.336 e. The largest absolute Gasteiger partial charge is 0.489 e. The minimum atomic E-state index is -1.04. The number of anilines is 1. The lowest BCUT2D eigenvalue weighted by molar-refractivity contribution is -0.143. The van der Waals surface area contributed by atoms with E-state index in [1.165, 1.54) is 16.1 Å².